The van der Waals surface area contributed by atoms with Crippen molar-refractivity contribution in [3.63, 3.8) is 0 Å². The number of nitrogens with one attached hydrogen (secondary N) is 1. The van der Waals surface area contributed by atoms with E-state index in [-0.39, 0.29) is 0 Å². The second-order valence-corrected chi connectivity index (χ2v) is 4.05. The summed E-state index contributed by atoms with van der Waals surface area (Å²) in [6.45, 7) is 6.56. The fourth-order valence-electron chi connectivity index (χ4n) is 1.62. The van der Waals surface area contributed by atoms with Crippen molar-refractivity contribution >= 4 is 0 Å². The smallest absolute Gasteiger partial charge is 0.0534 e. The minimum absolute atomic E-state index is 0.775. The highest BCUT2D eigenvalue weighted by molar-refractivity contribution is 5.02. The zero-order valence-corrected chi connectivity index (χ0v) is 9.45. The fourth-order valence-corrected chi connectivity index (χ4v) is 1.62. The van der Waals surface area contributed by atoms with E-state index >= 15 is 0 Å². The van der Waals surface area contributed by atoms with Gasteiger partial charge in [0.1, 0.15) is 0 Å². The van der Waals surface area contributed by atoms with Gasteiger partial charge in [0.2, 0.25) is 0 Å². The summed E-state index contributed by atoms with van der Waals surface area (Å²) in [5.41, 5.74) is 1.26. The Bertz CT molecular complexity index is 255. The molecule has 0 saturated heterocycles. The molecule has 0 unspecified atom stereocenters. The first-order valence-electron chi connectivity index (χ1n) is 5.40. The number of hydrogen-bond donors (Lipinski definition) is 1. The Balaban J connectivity index is 2.15. The SMILES string of the molecule is CCC[C@H](C)CNCc1cnn(C)c1. The first-order valence-corrected chi connectivity index (χ1v) is 5.40. The van der Waals surface area contributed by atoms with Crippen LogP contribution in [0.15, 0.2) is 12.4 Å². The predicted octanol–water partition coefficient (Wildman–Crippen LogP) is 1.95. The highest BCUT2D eigenvalue weighted by Gasteiger charge is 2.00. The van der Waals surface area contributed by atoms with Crippen LogP contribution in [0.2, 0.25) is 0 Å². The van der Waals surface area contributed by atoms with Crippen LogP contribution >= 0.6 is 0 Å². The molecule has 0 bridgehead atoms. The van der Waals surface area contributed by atoms with E-state index in [0.717, 1.165) is 19.0 Å². The fraction of sp³-hybridized carbons (Fsp3) is 0.727. The molecule has 0 aromatic carbocycles. The summed E-state index contributed by atoms with van der Waals surface area (Å²) in [6, 6.07) is 0. The maximum absolute atomic E-state index is 4.13. The lowest BCUT2D eigenvalue weighted by molar-refractivity contribution is 0.476. The Kier molecular flexibility index (Phi) is 4.66. The van der Waals surface area contributed by atoms with Gasteiger partial charge >= 0.3 is 0 Å². The number of hydrogen-bond acceptors (Lipinski definition) is 2. The third kappa shape index (κ3) is 3.92. The standard InChI is InChI=1S/C11H21N3/c1-4-5-10(2)6-12-7-11-8-13-14(3)9-11/h8-10,12H,4-7H2,1-3H3/t10-/m0/s1. The van der Waals surface area contributed by atoms with E-state index in [9.17, 15) is 0 Å². The molecule has 1 aromatic heterocycles. The van der Waals surface area contributed by atoms with Gasteiger partial charge in [-0.15, -0.1) is 0 Å². The Morgan fingerprint density at radius 3 is 2.93 bits per heavy atom. The molecule has 1 atom stereocenters. The van der Waals surface area contributed by atoms with Crippen LogP contribution < -0.4 is 5.32 Å². The van der Waals surface area contributed by atoms with Crippen molar-refractivity contribution in [2.45, 2.75) is 33.2 Å². The molecule has 0 aliphatic heterocycles. The molecule has 80 valence electrons. The zero-order valence-electron chi connectivity index (χ0n) is 9.45. The van der Waals surface area contributed by atoms with E-state index in [1.165, 1.54) is 18.4 Å². The zero-order chi connectivity index (χ0) is 10.4. The normalized spacial score (nSPS) is 13.1. The highest BCUT2D eigenvalue weighted by atomic mass is 15.2. The number of aromatic nitrogens is 2. The van der Waals surface area contributed by atoms with Crippen LogP contribution in [0.3, 0.4) is 0 Å². The van der Waals surface area contributed by atoms with Crippen LogP contribution in [0, 0.1) is 5.92 Å². The van der Waals surface area contributed by atoms with Gasteiger partial charge in [0.15, 0.2) is 0 Å². The maximum atomic E-state index is 4.13. The van der Waals surface area contributed by atoms with Crippen LogP contribution in [0.4, 0.5) is 0 Å². The van der Waals surface area contributed by atoms with E-state index in [1.807, 2.05) is 17.9 Å². The summed E-state index contributed by atoms with van der Waals surface area (Å²) in [7, 11) is 1.95. The lowest BCUT2D eigenvalue weighted by atomic mass is 10.1. The van der Waals surface area contributed by atoms with Crippen molar-refractivity contribution in [3.8, 4) is 0 Å². The Morgan fingerprint density at radius 2 is 2.36 bits per heavy atom. The number of rotatable bonds is 6. The lowest BCUT2D eigenvalue weighted by Gasteiger charge is -2.10. The van der Waals surface area contributed by atoms with Gasteiger partial charge < -0.3 is 5.32 Å². The minimum Gasteiger partial charge on any atom is -0.312 e. The molecule has 0 amide bonds. The lowest BCUT2D eigenvalue weighted by Crippen LogP contribution is -2.20. The largest absolute Gasteiger partial charge is 0.312 e. The molecule has 3 nitrogen and oxygen atoms in total. The summed E-state index contributed by atoms with van der Waals surface area (Å²) in [6.07, 6.45) is 6.55. The van der Waals surface area contributed by atoms with Crippen molar-refractivity contribution < 1.29 is 0 Å². The summed E-state index contributed by atoms with van der Waals surface area (Å²) in [5.74, 6) is 0.775. The van der Waals surface area contributed by atoms with Crippen LogP contribution in [0.5, 0.6) is 0 Å². The third-order valence-electron chi connectivity index (χ3n) is 2.36. The predicted molar refractivity (Wildman–Crippen MR) is 59.0 cm³/mol. The monoisotopic (exact) mass is 195 g/mol. The molecule has 1 aromatic rings. The van der Waals surface area contributed by atoms with Crippen LogP contribution in [0.25, 0.3) is 0 Å². The Hall–Kier alpha value is -0.830. The molecular weight excluding hydrogens is 174 g/mol. The van der Waals surface area contributed by atoms with Crippen molar-refractivity contribution in [2.75, 3.05) is 6.54 Å². The summed E-state index contributed by atoms with van der Waals surface area (Å²) in [4.78, 5) is 0. The summed E-state index contributed by atoms with van der Waals surface area (Å²) >= 11 is 0. The van der Waals surface area contributed by atoms with Crippen molar-refractivity contribution in [3.05, 3.63) is 18.0 Å². The van der Waals surface area contributed by atoms with E-state index < -0.39 is 0 Å². The molecule has 0 saturated carbocycles. The van der Waals surface area contributed by atoms with E-state index in [4.69, 9.17) is 0 Å². The molecule has 0 spiro atoms. The van der Waals surface area contributed by atoms with E-state index in [2.05, 4.69) is 30.5 Å². The molecule has 0 fully saturated rings. The Morgan fingerprint density at radius 1 is 1.57 bits per heavy atom. The van der Waals surface area contributed by atoms with Gasteiger partial charge in [0.05, 0.1) is 6.20 Å². The highest BCUT2D eigenvalue weighted by Crippen LogP contribution is 2.03. The maximum Gasteiger partial charge on any atom is 0.0534 e. The average Bonchev–Trinajstić information content (AvgIpc) is 2.52. The van der Waals surface area contributed by atoms with Crippen molar-refractivity contribution in [2.24, 2.45) is 13.0 Å². The molecule has 1 rings (SSSR count). The second kappa shape index (κ2) is 5.81. The first kappa shape index (κ1) is 11.2. The molecule has 3 heteroatoms. The van der Waals surface area contributed by atoms with E-state index in [1.54, 1.807) is 0 Å². The molecule has 0 radical (unpaired) electrons. The van der Waals surface area contributed by atoms with Gasteiger partial charge in [-0.25, -0.2) is 0 Å². The molecular formula is C11H21N3. The third-order valence-corrected chi connectivity index (χ3v) is 2.36. The van der Waals surface area contributed by atoms with Gasteiger partial charge in [-0.2, -0.15) is 5.10 Å². The molecule has 1 heterocycles. The first-order chi connectivity index (χ1) is 6.72. The number of aryl methyl sites for hydroxylation is 1. The summed E-state index contributed by atoms with van der Waals surface area (Å²) < 4.78 is 1.84. The van der Waals surface area contributed by atoms with Crippen LogP contribution in [0.1, 0.15) is 32.3 Å². The van der Waals surface area contributed by atoms with E-state index in [0.29, 0.717) is 0 Å². The summed E-state index contributed by atoms with van der Waals surface area (Å²) in [5, 5.41) is 7.57. The van der Waals surface area contributed by atoms with Crippen LogP contribution in [-0.2, 0) is 13.6 Å². The average molecular weight is 195 g/mol. The number of nitrogens with zero attached hydrogens (tertiary/aromatic N) is 2. The van der Waals surface area contributed by atoms with Gasteiger partial charge in [-0.1, -0.05) is 20.3 Å². The molecule has 14 heavy (non-hydrogen) atoms. The second-order valence-electron chi connectivity index (χ2n) is 4.05. The Labute approximate surface area is 86.5 Å². The van der Waals surface area contributed by atoms with Gasteiger partial charge in [0, 0.05) is 25.4 Å². The molecule has 0 aliphatic carbocycles. The quantitative estimate of drug-likeness (QED) is 0.752. The van der Waals surface area contributed by atoms with Crippen LogP contribution in [-0.4, -0.2) is 16.3 Å². The minimum atomic E-state index is 0.775. The van der Waals surface area contributed by atoms with Gasteiger partial charge in [-0.05, 0) is 18.9 Å². The van der Waals surface area contributed by atoms with Crippen molar-refractivity contribution in [1.82, 2.24) is 15.1 Å². The molecule has 1 N–H and O–H groups in total. The van der Waals surface area contributed by atoms with Gasteiger partial charge in [-0.3, -0.25) is 4.68 Å². The topological polar surface area (TPSA) is 29.9 Å². The molecule has 0 aliphatic rings. The van der Waals surface area contributed by atoms with Gasteiger partial charge in [0.25, 0.3) is 0 Å². The van der Waals surface area contributed by atoms with Crippen molar-refractivity contribution in [1.29, 1.82) is 0 Å².